The third-order valence-corrected chi connectivity index (χ3v) is 6.01. The molecule has 0 aliphatic rings. The van der Waals surface area contributed by atoms with Gasteiger partial charge >= 0.3 is 0 Å². The van der Waals surface area contributed by atoms with Gasteiger partial charge in [0.15, 0.2) is 6.10 Å². The summed E-state index contributed by atoms with van der Waals surface area (Å²) in [6, 6.07) is 24.8. The molecule has 1 N–H and O–H groups in total. The van der Waals surface area contributed by atoms with Crippen molar-refractivity contribution < 1.29 is 9.53 Å². The van der Waals surface area contributed by atoms with Crippen molar-refractivity contribution in [3.63, 3.8) is 0 Å². The number of nitrogens with zero attached hydrogens (tertiary/aromatic N) is 1. The molecule has 1 heterocycles. The topological polar surface area (TPSA) is 51.2 Å². The fourth-order valence-corrected chi connectivity index (χ4v) is 4.16. The smallest absolute Gasteiger partial charge is 0.265 e. The van der Waals surface area contributed by atoms with Crippen LogP contribution >= 0.6 is 22.9 Å². The highest BCUT2D eigenvalue weighted by molar-refractivity contribution is 7.15. The summed E-state index contributed by atoms with van der Waals surface area (Å²) >= 11 is 7.56. The maximum atomic E-state index is 12.5. The van der Waals surface area contributed by atoms with Crippen molar-refractivity contribution in [2.24, 2.45) is 0 Å². The van der Waals surface area contributed by atoms with Crippen LogP contribution in [0.1, 0.15) is 11.8 Å². The van der Waals surface area contributed by atoms with Crippen LogP contribution in [0.4, 0.5) is 5.69 Å². The summed E-state index contributed by atoms with van der Waals surface area (Å²) in [5.74, 6) is 0.370. The van der Waals surface area contributed by atoms with Crippen LogP contribution in [0.3, 0.4) is 0 Å². The van der Waals surface area contributed by atoms with Crippen LogP contribution in [0.2, 0.25) is 5.02 Å². The van der Waals surface area contributed by atoms with Gasteiger partial charge in [-0.15, -0.1) is 11.3 Å². The fraction of sp³-hybridized carbons (Fsp3) is 0.120. The molecular weight excluding hydrogens is 428 g/mol. The maximum absolute atomic E-state index is 12.5. The van der Waals surface area contributed by atoms with Gasteiger partial charge in [-0.25, -0.2) is 4.98 Å². The molecule has 4 rings (SSSR count). The van der Waals surface area contributed by atoms with E-state index in [1.54, 1.807) is 42.5 Å². The Morgan fingerprint density at radius 3 is 2.32 bits per heavy atom. The van der Waals surface area contributed by atoms with Gasteiger partial charge in [0.2, 0.25) is 0 Å². The lowest BCUT2D eigenvalue weighted by Crippen LogP contribution is -2.30. The van der Waals surface area contributed by atoms with Crippen LogP contribution in [0.25, 0.3) is 21.8 Å². The molecule has 0 fully saturated rings. The summed E-state index contributed by atoms with van der Waals surface area (Å²) in [6.45, 7) is 3.78. The highest BCUT2D eigenvalue weighted by Gasteiger charge is 2.16. The molecule has 1 unspecified atom stereocenters. The molecule has 0 saturated heterocycles. The van der Waals surface area contributed by atoms with Gasteiger partial charge in [-0.1, -0.05) is 54.1 Å². The highest BCUT2D eigenvalue weighted by atomic mass is 35.5. The Hall–Kier alpha value is -3.15. The van der Waals surface area contributed by atoms with Crippen molar-refractivity contribution in [3.05, 3.63) is 88.8 Å². The van der Waals surface area contributed by atoms with E-state index >= 15 is 0 Å². The zero-order valence-corrected chi connectivity index (χ0v) is 18.7. The van der Waals surface area contributed by atoms with Crippen LogP contribution in [-0.4, -0.2) is 17.0 Å². The Morgan fingerprint density at radius 2 is 1.65 bits per heavy atom. The van der Waals surface area contributed by atoms with E-state index in [-0.39, 0.29) is 5.91 Å². The number of thiazole rings is 1. The van der Waals surface area contributed by atoms with E-state index in [4.69, 9.17) is 21.3 Å². The minimum Gasteiger partial charge on any atom is -0.481 e. The Bertz CT molecular complexity index is 1170. The predicted molar refractivity (Wildman–Crippen MR) is 128 cm³/mol. The lowest BCUT2D eigenvalue weighted by atomic mass is 10.1. The molecule has 0 aliphatic heterocycles. The quantitative estimate of drug-likeness (QED) is 0.351. The lowest BCUT2D eigenvalue weighted by molar-refractivity contribution is -0.122. The third kappa shape index (κ3) is 5.13. The first-order chi connectivity index (χ1) is 15.0. The van der Waals surface area contributed by atoms with Gasteiger partial charge in [0.05, 0.1) is 5.69 Å². The first kappa shape index (κ1) is 21.1. The van der Waals surface area contributed by atoms with Crippen LogP contribution in [0, 0.1) is 6.92 Å². The Balaban J connectivity index is 1.43. The van der Waals surface area contributed by atoms with E-state index < -0.39 is 6.10 Å². The number of halogens is 1. The third-order valence-electron chi connectivity index (χ3n) is 4.74. The second kappa shape index (κ2) is 9.33. The fourth-order valence-electron chi connectivity index (χ4n) is 3.09. The number of hydrogen-bond acceptors (Lipinski definition) is 4. The molecule has 3 aromatic carbocycles. The van der Waals surface area contributed by atoms with Gasteiger partial charge in [0.25, 0.3) is 5.91 Å². The number of carbonyl (C=O) groups excluding carboxylic acids is 1. The van der Waals surface area contributed by atoms with Crippen LogP contribution in [0.15, 0.2) is 78.9 Å². The van der Waals surface area contributed by atoms with E-state index in [1.807, 2.05) is 42.5 Å². The molecule has 156 valence electrons. The molecule has 1 amide bonds. The van der Waals surface area contributed by atoms with Gasteiger partial charge in [0, 0.05) is 26.7 Å². The number of benzene rings is 3. The first-order valence-electron chi connectivity index (χ1n) is 9.86. The first-order valence-corrected chi connectivity index (χ1v) is 11.1. The van der Waals surface area contributed by atoms with E-state index in [1.165, 1.54) is 0 Å². The number of aryl methyl sites for hydroxylation is 1. The average Bonchev–Trinajstić information content (AvgIpc) is 3.18. The van der Waals surface area contributed by atoms with E-state index in [0.717, 1.165) is 26.7 Å². The van der Waals surface area contributed by atoms with Crippen molar-refractivity contribution in [2.45, 2.75) is 20.0 Å². The number of ether oxygens (including phenoxy) is 1. The lowest BCUT2D eigenvalue weighted by Gasteiger charge is -2.15. The Morgan fingerprint density at radius 1 is 0.968 bits per heavy atom. The van der Waals surface area contributed by atoms with Crippen LogP contribution in [0.5, 0.6) is 5.75 Å². The van der Waals surface area contributed by atoms with Gasteiger partial charge in [-0.3, -0.25) is 4.79 Å². The van der Waals surface area contributed by atoms with Gasteiger partial charge in [-0.2, -0.15) is 0 Å². The molecule has 6 heteroatoms. The number of carbonyl (C=O) groups is 1. The summed E-state index contributed by atoms with van der Waals surface area (Å²) in [4.78, 5) is 18.5. The Kier molecular flexibility index (Phi) is 6.35. The minimum atomic E-state index is -0.643. The highest BCUT2D eigenvalue weighted by Crippen LogP contribution is 2.33. The molecule has 0 aliphatic carbocycles. The van der Waals surface area contributed by atoms with E-state index in [2.05, 4.69) is 24.4 Å². The largest absolute Gasteiger partial charge is 0.481 e. The molecule has 0 radical (unpaired) electrons. The van der Waals surface area contributed by atoms with Crippen molar-refractivity contribution in [1.82, 2.24) is 4.98 Å². The molecule has 1 aromatic heterocycles. The Labute approximate surface area is 190 Å². The van der Waals surface area contributed by atoms with Crippen LogP contribution in [-0.2, 0) is 4.79 Å². The molecule has 4 aromatic rings. The minimum absolute atomic E-state index is 0.223. The van der Waals surface area contributed by atoms with Gasteiger partial charge < -0.3 is 10.1 Å². The molecule has 31 heavy (non-hydrogen) atoms. The number of hydrogen-bond donors (Lipinski definition) is 1. The van der Waals surface area contributed by atoms with Crippen molar-refractivity contribution in [1.29, 1.82) is 0 Å². The number of amides is 1. The average molecular weight is 449 g/mol. The summed E-state index contributed by atoms with van der Waals surface area (Å²) in [7, 11) is 0. The second-order valence-corrected chi connectivity index (χ2v) is 8.71. The number of anilines is 1. The molecule has 4 nitrogen and oxygen atoms in total. The zero-order valence-electron chi connectivity index (χ0n) is 17.1. The monoisotopic (exact) mass is 448 g/mol. The predicted octanol–water partition coefficient (Wildman–Crippen LogP) is 6.84. The summed E-state index contributed by atoms with van der Waals surface area (Å²) in [6.07, 6.45) is -0.643. The number of rotatable bonds is 6. The zero-order chi connectivity index (χ0) is 21.8. The molecular formula is C25H21ClN2O2S. The van der Waals surface area contributed by atoms with Crippen molar-refractivity contribution in [3.8, 4) is 27.6 Å². The van der Waals surface area contributed by atoms with Gasteiger partial charge in [-0.05, 0) is 50.2 Å². The molecule has 0 spiro atoms. The summed E-state index contributed by atoms with van der Waals surface area (Å²) < 4.78 is 5.68. The van der Waals surface area contributed by atoms with E-state index in [0.29, 0.717) is 16.5 Å². The van der Waals surface area contributed by atoms with Crippen molar-refractivity contribution in [2.75, 3.05) is 5.32 Å². The SMILES string of the molecule is Cc1sc(-c2ccccc2)nc1-c1ccc(NC(=O)C(C)Oc2ccc(Cl)cc2)cc1. The summed E-state index contributed by atoms with van der Waals surface area (Å²) in [5, 5.41) is 4.51. The van der Waals surface area contributed by atoms with Crippen LogP contribution < -0.4 is 10.1 Å². The molecule has 0 bridgehead atoms. The standard InChI is InChI=1S/C25H21ClN2O2S/c1-16(30-22-14-10-20(26)11-15-22)24(29)27-21-12-8-18(9-13-21)23-17(2)31-25(28-23)19-6-4-3-5-7-19/h3-16H,1-2H3,(H,27,29). The maximum Gasteiger partial charge on any atom is 0.265 e. The normalized spacial score (nSPS) is 11.7. The number of nitrogens with one attached hydrogen (secondary N) is 1. The van der Waals surface area contributed by atoms with Gasteiger partial charge in [0.1, 0.15) is 10.8 Å². The molecule has 0 saturated carbocycles. The second-order valence-electron chi connectivity index (χ2n) is 7.07. The van der Waals surface area contributed by atoms with Crippen molar-refractivity contribution >= 4 is 34.5 Å². The molecule has 1 atom stereocenters. The number of aromatic nitrogens is 1. The summed E-state index contributed by atoms with van der Waals surface area (Å²) in [5.41, 5.74) is 3.79. The van der Waals surface area contributed by atoms with E-state index in [9.17, 15) is 4.79 Å².